The number of anilines is 2. The van der Waals surface area contributed by atoms with Gasteiger partial charge in [0.15, 0.2) is 11.6 Å². The Hall–Kier alpha value is -3.18. The van der Waals surface area contributed by atoms with Gasteiger partial charge in [0.2, 0.25) is 5.95 Å². The van der Waals surface area contributed by atoms with Gasteiger partial charge in [-0.3, -0.25) is 4.79 Å². The number of carbonyl (C=O) groups is 1. The smallest absolute Gasteiger partial charge is 0.223 e. The van der Waals surface area contributed by atoms with E-state index in [-0.39, 0.29) is 17.7 Å². The minimum atomic E-state index is -0.111. The fourth-order valence-electron chi connectivity index (χ4n) is 5.67. The summed E-state index contributed by atoms with van der Waals surface area (Å²) in [5.74, 6) is 2.50. The largest absolute Gasteiger partial charge is 0.495 e. The van der Waals surface area contributed by atoms with Crippen LogP contribution in [0.4, 0.5) is 11.8 Å². The lowest BCUT2D eigenvalue weighted by Gasteiger charge is -2.31. The number of hydrogen-bond acceptors (Lipinski definition) is 10. The van der Waals surface area contributed by atoms with Gasteiger partial charge in [-0.05, 0) is 63.4 Å². The average molecular weight is 630 g/mol. The van der Waals surface area contributed by atoms with Crippen molar-refractivity contribution < 1.29 is 19.0 Å². The van der Waals surface area contributed by atoms with Gasteiger partial charge in [-0.1, -0.05) is 29.8 Å². The molecule has 10 nitrogen and oxygen atoms in total. The number of nitrogens with zero attached hydrogens (tertiary/aromatic N) is 4. The summed E-state index contributed by atoms with van der Waals surface area (Å²) in [6.45, 7) is 7.56. The van der Waals surface area contributed by atoms with Crippen LogP contribution in [0.2, 0.25) is 10.0 Å². The zero-order chi connectivity index (χ0) is 30.5. The Morgan fingerprint density at radius 2 is 1.86 bits per heavy atom. The fraction of sp³-hybridized carbons (Fsp3) is 0.484. The van der Waals surface area contributed by atoms with Gasteiger partial charge in [-0.2, -0.15) is 0 Å². The van der Waals surface area contributed by atoms with Crippen LogP contribution >= 0.6 is 23.2 Å². The molecule has 2 aliphatic heterocycles. The van der Waals surface area contributed by atoms with Crippen LogP contribution in [-0.4, -0.2) is 85.8 Å². The zero-order valence-corrected chi connectivity index (χ0v) is 26.3. The second-order valence-electron chi connectivity index (χ2n) is 11.1. The number of fused-ring (bicyclic) bond motifs is 1. The molecule has 3 aromatic rings. The average Bonchev–Trinajstić information content (AvgIpc) is 3.02. The third-order valence-electron chi connectivity index (χ3n) is 8.30. The highest BCUT2D eigenvalue weighted by Crippen LogP contribution is 2.46. The number of piperidine rings is 1. The number of likely N-dealkylation sites (tertiary alicyclic amines) is 1. The highest BCUT2D eigenvalue weighted by Gasteiger charge is 2.28. The number of aromatic nitrogens is 3. The van der Waals surface area contributed by atoms with E-state index in [1.807, 2.05) is 6.07 Å². The van der Waals surface area contributed by atoms with E-state index in [9.17, 15) is 4.79 Å². The first-order valence-corrected chi connectivity index (χ1v) is 15.3. The molecule has 43 heavy (non-hydrogen) atoms. The number of halogens is 2. The minimum Gasteiger partial charge on any atom is -0.495 e. The summed E-state index contributed by atoms with van der Waals surface area (Å²) >= 11 is 13.5. The van der Waals surface area contributed by atoms with Crippen LogP contribution in [0.25, 0.3) is 22.2 Å². The number of ketones is 1. The topological polar surface area (TPSA) is 111 Å². The summed E-state index contributed by atoms with van der Waals surface area (Å²) in [5, 5.41) is 8.41. The first kappa shape index (κ1) is 31.3. The van der Waals surface area contributed by atoms with Crippen molar-refractivity contribution in [3.8, 4) is 22.8 Å². The fourth-order valence-corrected chi connectivity index (χ4v) is 6.37. The van der Waals surface area contributed by atoms with E-state index >= 15 is 0 Å². The van der Waals surface area contributed by atoms with Crippen molar-refractivity contribution in [3.63, 3.8) is 0 Å². The number of hydrogen-bond donors (Lipinski definition) is 2. The van der Waals surface area contributed by atoms with Crippen LogP contribution in [0.3, 0.4) is 0 Å². The molecule has 0 amide bonds. The quantitative estimate of drug-likeness (QED) is 0.255. The summed E-state index contributed by atoms with van der Waals surface area (Å²) in [6.07, 6.45) is 6.49. The molecule has 2 fully saturated rings. The Morgan fingerprint density at radius 3 is 2.53 bits per heavy atom. The Morgan fingerprint density at radius 1 is 1.14 bits per heavy atom. The number of benzene rings is 1. The zero-order valence-electron chi connectivity index (χ0n) is 24.8. The van der Waals surface area contributed by atoms with Gasteiger partial charge >= 0.3 is 0 Å². The van der Waals surface area contributed by atoms with Gasteiger partial charge in [-0.15, -0.1) is 0 Å². The lowest BCUT2D eigenvalue weighted by molar-refractivity contribution is -0.116. The lowest BCUT2D eigenvalue weighted by Crippen LogP contribution is -2.40. The number of methoxy groups -OCH3 is 2. The van der Waals surface area contributed by atoms with Crippen LogP contribution in [0.1, 0.15) is 25.7 Å². The van der Waals surface area contributed by atoms with Crippen LogP contribution in [0.15, 0.2) is 31.0 Å². The summed E-state index contributed by atoms with van der Waals surface area (Å²) < 4.78 is 16.7. The van der Waals surface area contributed by atoms with E-state index in [0.29, 0.717) is 75.6 Å². The molecule has 0 unspecified atom stereocenters. The molecular weight excluding hydrogens is 591 g/mol. The highest BCUT2D eigenvalue weighted by atomic mass is 35.5. The number of allylic oxidation sites excluding steroid dienone is 1. The Kier molecular flexibility index (Phi) is 10.2. The molecule has 2 aliphatic rings. The van der Waals surface area contributed by atoms with Crippen molar-refractivity contribution in [1.29, 1.82) is 0 Å². The summed E-state index contributed by atoms with van der Waals surface area (Å²) in [4.78, 5) is 29.0. The molecule has 0 radical (unpaired) electrons. The SMILES string of the molecule is C=CC(=O)C[C@H]1CCOC[C@H]1Nc1ncc2cc(-c3c(Cl)c(OC)cc(OC)c3Cl)nc(NCC3CCN(C)CC3)c2n1. The normalized spacial score (nSPS) is 19.7. The Labute approximate surface area is 262 Å². The molecule has 5 rings (SSSR count). The van der Waals surface area contributed by atoms with E-state index < -0.39 is 0 Å². The number of ether oxygens (including phenoxy) is 3. The Balaban J connectivity index is 1.53. The number of rotatable bonds is 11. The molecule has 0 spiro atoms. The standard InChI is InChI=1S/C31H38Cl2N6O4/c1-5-21(40)12-19-8-11-43-17-23(19)37-31-35-16-20-13-22(26-27(32)24(41-3)14-25(42-4)28(26)33)36-30(29(20)38-31)34-15-18-6-9-39(2)10-7-18/h5,13-14,16,18-19,23H,1,6-12,15,17H2,2-4H3,(H,34,36)(H,35,37,38)/t19-,23-/m1/s1. The van der Waals surface area contributed by atoms with Crippen LogP contribution in [-0.2, 0) is 9.53 Å². The molecular formula is C31H38Cl2N6O4. The van der Waals surface area contributed by atoms with Gasteiger partial charge in [0.25, 0.3) is 0 Å². The van der Waals surface area contributed by atoms with Crippen LogP contribution in [0, 0.1) is 11.8 Å². The number of nitrogens with one attached hydrogen (secondary N) is 2. The van der Waals surface area contributed by atoms with Gasteiger partial charge in [0.05, 0.1) is 42.6 Å². The first-order valence-electron chi connectivity index (χ1n) is 14.5. The minimum absolute atomic E-state index is 0.0155. The Bertz CT molecular complexity index is 1450. The second kappa shape index (κ2) is 14.1. The third kappa shape index (κ3) is 7.15. The summed E-state index contributed by atoms with van der Waals surface area (Å²) in [5.41, 5.74) is 1.70. The van der Waals surface area contributed by atoms with E-state index in [2.05, 4.69) is 34.1 Å². The molecule has 4 heterocycles. The predicted octanol–water partition coefficient (Wildman–Crippen LogP) is 5.73. The maximum absolute atomic E-state index is 12.1. The van der Waals surface area contributed by atoms with Crippen molar-refractivity contribution in [1.82, 2.24) is 19.9 Å². The molecule has 230 valence electrons. The molecule has 2 saturated heterocycles. The van der Waals surface area contributed by atoms with Crippen LogP contribution < -0.4 is 20.1 Å². The maximum atomic E-state index is 12.1. The van der Waals surface area contributed by atoms with Crippen molar-refractivity contribution in [2.45, 2.75) is 31.7 Å². The number of carbonyl (C=O) groups excluding carboxylic acids is 1. The molecule has 12 heteroatoms. The molecule has 1 aromatic carbocycles. The predicted molar refractivity (Wildman–Crippen MR) is 171 cm³/mol. The maximum Gasteiger partial charge on any atom is 0.223 e. The van der Waals surface area contributed by atoms with Crippen molar-refractivity contribution in [2.24, 2.45) is 11.8 Å². The molecule has 2 aromatic heterocycles. The van der Waals surface area contributed by atoms with Crippen LogP contribution in [0.5, 0.6) is 11.5 Å². The van der Waals surface area contributed by atoms with Gasteiger partial charge in [0, 0.05) is 42.8 Å². The van der Waals surface area contributed by atoms with Crippen molar-refractivity contribution in [3.05, 3.63) is 41.0 Å². The van der Waals surface area contributed by atoms with Crippen molar-refractivity contribution >= 4 is 51.7 Å². The molecule has 0 saturated carbocycles. The lowest BCUT2D eigenvalue weighted by atomic mass is 9.90. The van der Waals surface area contributed by atoms with E-state index in [0.717, 1.165) is 44.3 Å². The van der Waals surface area contributed by atoms with E-state index in [4.69, 9.17) is 47.4 Å². The van der Waals surface area contributed by atoms with E-state index in [1.165, 1.54) is 6.08 Å². The molecule has 2 N–H and O–H groups in total. The third-order valence-corrected chi connectivity index (χ3v) is 9.05. The van der Waals surface area contributed by atoms with E-state index in [1.54, 1.807) is 26.5 Å². The first-order chi connectivity index (χ1) is 20.8. The molecule has 0 aliphatic carbocycles. The van der Waals surface area contributed by atoms with Gasteiger partial charge < -0.3 is 29.7 Å². The number of pyridine rings is 1. The van der Waals surface area contributed by atoms with Crippen molar-refractivity contribution in [2.75, 3.05) is 64.7 Å². The van der Waals surface area contributed by atoms with Gasteiger partial charge in [0.1, 0.15) is 17.0 Å². The molecule has 2 atom stereocenters. The highest BCUT2D eigenvalue weighted by molar-refractivity contribution is 6.41. The monoisotopic (exact) mass is 628 g/mol. The summed E-state index contributed by atoms with van der Waals surface area (Å²) in [7, 11) is 5.23. The molecule has 0 bridgehead atoms. The second-order valence-corrected chi connectivity index (χ2v) is 11.9. The summed E-state index contributed by atoms with van der Waals surface area (Å²) in [6, 6.07) is 3.40. The van der Waals surface area contributed by atoms with Gasteiger partial charge in [-0.25, -0.2) is 15.0 Å².